The lowest BCUT2D eigenvalue weighted by Crippen LogP contribution is -2.62. The molecule has 8 aromatic carbocycles. The van der Waals surface area contributed by atoms with E-state index < -0.39 is 0 Å². The number of furan rings is 2. The molecule has 0 spiro atoms. The highest BCUT2D eigenvalue weighted by atomic mass is 16.3. The Morgan fingerprint density at radius 1 is 0.419 bits per heavy atom. The molecular formula is C68H66BN3O2. The van der Waals surface area contributed by atoms with E-state index in [9.17, 15) is 0 Å². The zero-order valence-corrected chi connectivity index (χ0v) is 45.0. The third-order valence-corrected chi connectivity index (χ3v) is 18.2. The Labute approximate surface area is 436 Å². The van der Waals surface area contributed by atoms with Crippen molar-refractivity contribution in [2.45, 2.75) is 129 Å². The van der Waals surface area contributed by atoms with Gasteiger partial charge < -0.3 is 23.5 Å². The second-order valence-corrected chi connectivity index (χ2v) is 25.7. The lowest BCUT2D eigenvalue weighted by Gasteiger charge is -2.51. The van der Waals surface area contributed by atoms with Gasteiger partial charge in [0, 0.05) is 72.5 Å². The molecule has 0 bridgehead atoms. The highest BCUT2D eigenvalue weighted by molar-refractivity contribution is 7.00. The maximum atomic E-state index is 6.52. The van der Waals surface area contributed by atoms with Crippen LogP contribution in [0.3, 0.4) is 0 Å². The molecule has 2 aromatic heterocycles. The standard InChI is InChI=1S/C68H66BN3O2/c1-64(2,3)41-22-27-54-51(34-41)67(10)32-16-17-33-68(67,11)72(54)46-39-57-63-58(40-46)71(45-26-31-62-50(38-45)48-19-13-15-21-60(48)74-62)56-29-24-43(66(7,8)9)36-53(56)69(63)52-35-42(65(4,5)6)23-28-55(52)70(57)44-25-30-61-49(37-44)47-18-12-14-20-59(47)73-61/h12-15,18-31,34-40H,16-17,32-33H2,1-11H3. The minimum absolute atomic E-state index is 0.0270. The molecule has 74 heavy (non-hydrogen) atoms. The van der Waals surface area contributed by atoms with E-state index in [0.717, 1.165) is 68.1 Å². The summed E-state index contributed by atoms with van der Waals surface area (Å²) in [6.45, 7) is 26.3. The average molecular weight is 968 g/mol. The van der Waals surface area contributed by atoms with Gasteiger partial charge in [0.25, 0.3) is 6.71 Å². The highest BCUT2D eigenvalue weighted by Gasteiger charge is 2.58. The fourth-order valence-electron chi connectivity index (χ4n) is 13.9. The van der Waals surface area contributed by atoms with Gasteiger partial charge in [-0.3, -0.25) is 0 Å². The predicted octanol–water partition coefficient (Wildman–Crippen LogP) is 17.2. The van der Waals surface area contributed by atoms with E-state index in [1.165, 1.54) is 85.6 Å². The van der Waals surface area contributed by atoms with Crippen molar-refractivity contribution >= 4 is 112 Å². The van der Waals surface area contributed by atoms with Crippen molar-refractivity contribution < 1.29 is 8.83 Å². The molecule has 5 nitrogen and oxygen atoms in total. The minimum Gasteiger partial charge on any atom is -0.456 e. The summed E-state index contributed by atoms with van der Waals surface area (Å²) in [5.41, 5.74) is 22.4. The van der Waals surface area contributed by atoms with Gasteiger partial charge in [-0.25, -0.2) is 0 Å². The van der Waals surface area contributed by atoms with E-state index in [1.807, 2.05) is 0 Å². The Hall–Kier alpha value is -7.18. The summed E-state index contributed by atoms with van der Waals surface area (Å²) in [6.07, 6.45) is 4.69. The fourth-order valence-corrected chi connectivity index (χ4v) is 13.9. The molecule has 0 amide bonds. The second-order valence-electron chi connectivity index (χ2n) is 25.7. The Kier molecular flexibility index (Phi) is 9.34. The quantitative estimate of drug-likeness (QED) is 0.165. The lowest BCUT2D eigenvalue weighted by atomic mass is 9.33. The number of hydrogen-bond acceptors (Lipinski definition) is 5. The van der Waals surface area contributed by atoms with Crippen molar-refractivity contribution in [3.8, 4) is 0 Å². The van der Waals surface area contributed by atoms with Crippen LogP contribution in [0.4, 0.5) is 45.5 Å². The van der Waals surface area contributed by atoms with Crippen molar-refractivity contribution in [1.29, 1.82) is 0 Å². The number of fused-ring (bicyclic) bond motifs is 13. The second kappa shape index (κ2) is 15.2. The zero-order chi connectivity index (χ0) is 51.0. The lowest BCUT2D eigenvalue weighted by molar-refractivity contribution is 0.195. The van der Waals surface area contributed by atoms with Crippen molar-refractivity contribution in [3.05, 3.63) is 174 Å². The monoisotopic (exact) mass is 968 g/mol. The first kappa shape index (κ1) is 45.4. The first-order valence-corrected chi connectivity index (χ1v) is 27.2. The normalized spacial score (nSPS) is 19.3. The summed E-state index contributed by atoms with van der Waals surface area (Å²) >= 11 is 0. The largest absolute Gasteiger partial charge is 0.456 e. The first-order valence-electron chi connectivity index (χ1n) is 27.2. The summed E-state index contributed by atoms with van der Waals surface area (Å²) in [4.78, 5) is 8.01. The van der Waals surface area contributed by atoms with E-state index in [0.29, 0.717) is 0 Å². The van der Waals surface area contributed by atoms with Crippen LogP contribution in [0.2, 0.25) is 0 Å². The van der Waals surface area contributed by atoms with Gasteiger partial charge in [0.1, 0.15) is 22.3 Å². The van der Waals surface area contributed by atoms with Gasteiger partial charge in [0.2, 0.25) is 0 Å². The van der Waals surface area contributed by atoms with Crippen molar-refractivity contribution in [3.63, 3.8) is 0 Å². The van der Waals surface area contributed by atoms with Crippen LogP contribution >= 0.6 is 0 Å². The maximum Gasteiger partial charge on any atom is 0.252 e. The maximum absolute atomic E-state index is 6.52. The Morgan fingerprint density at radius 2 is 0.865 bits per heavy atom. The molecule has 368 valence electrons. The Balaban J connectivity index is 1.12. The molecule has 1 fully saturated rings. The van der Waals surface area contributed by atoms with Crippen LogP contribution in [0.25, 0.3) is 43.9 Å². The smallest absolute Gasteiger partial charge is 0.252 e. The van der Waals surface area contributed by atoms with E-state index in [1.54, 1.807) is 0 Å². The summed E-state index contributed by atoms with van der Waals surface area (Å²) < 4.78 is 13.0. The van der Waals surface area contributed by atoms with Gasteiger partial charge in [-0.05, 0) is 154 Å². The van der Waals surface area contributed by atoms with Gasteiger partial charge >= 0.3 is 0 Å². The summed E-state index contributed by atoms with van der Waals surface area (Å²) in [5, 5.41) is 4.49. The van der Waals surface area contributed by atoms with Crippen LogP contribution < -0.4 is 31.1 Å². The number of anilines is 8. The zero-order valence-electron chi connectivity index (χ0n) is 45.0. The average Bonchev–Trinajstić information content (AvgIpc) is 4.03. The van der Waals surface area contributed by atoms with Crippen LogP contribution in [-0.2, 0) is 21.7 Å². The number of benzene rings is 8. The topological polar surface area (TPSA) is 36.0 Å². The van der Waals surface area contributed by atoms with Crippen LogP contribution in [0.15, 0.2) is 160 Å². The third kappa shape index (κ3) is 6.36. The predicted molar refractivity (Wildman–Crippen MR) is 314 cm³/mol. The van der Waals surface area contributed by atoms with Gasteiger partial charge in [0.05, 0.1) is 5.54 Å². The first-order chi connectivity index (χ1) is 35.3. The van der Waals surface area contributed by atoms with Gasteiger partial charge in [0.15, 0.2) is 0 Å². The molecule has 4 aliphatic rings. The molecule has 0 saturated heterocycles. The summed E-state index contributed by atoms with van der Waals surface area (Å²) in [6, 6.07) is 58.0. The minimum atomic E-state index is -0.175. The van der Waals surface area contributed by atoms with E-state index >= 15 is 0 Å². The number of nitrogens with zero attached hydrogens (tertiary/aromatic N) is 3. The molecular weight excluding hydrogens is 902 g/mol. The van der Waals surface area contributed by atoms with Gasteiger partial charge in [-0.2, -0.15) is 0 Å². The SMILES string of the molecule is CC(C)(C)c1ccc2c(c1)B1c3cc(C(C)(C)C)ccc3N(c3ccc4oc5ccccc5c4c3)c3cc(N4c5ccc(C(C)(C)C)cc5C5(C)CCCCC45C)cc(c31)N2c1ccc2oc3ccccc3c2c1. The number of para-hydroxylation sites is 2. The van der Waals surface area contributed by atoms with Crippen LogP contribution in [0, 0.1) is 0 Å². The van der Waals surface area contributed by atoms with E-state index in [2.05, 4.69) is 243 Å². The van der Waals surface area contributed by atoms with Gasteiger partial charge in [-0.15, -0.1) is 0 Å². The van der Waals surface area contributed by atoms with Crippen molar-refractivity contribution in [1.82, 2.24) is 0 Å². The molecule has 2 unspecified atom stereocenters. The molecule has 3 aliphatic heterocycles. The molecule has 1 saturated carbocycles. The molecule has 6 heteroatoms. The molecule has 1 aliphatic carbocycles. The molecule has 14 rings (SSSR count). The Bertz CT molecular complexity index is 3800. The molecule has 10 aromatic rings. The Morgan fingerprint density at radius 3 is 1.36 bits per heavy atom. The molecule has 0 N–H and O–H groups in total. The fraction of sp³-hybridized carbons (Fsp3) is 0.294. The van der Waals surface area contributed by atoms with Crippen LogP contribution in [0.1, 0.15) is 124 Å². The molecule has 5 heterocycles. The van der Waals surface area contributed by atoms with Gasteiger partial charge in [-0.1, -0.05) is 155 Å². The summed E-state index contributed by atoms with van der Waals surface area (Å²) in [5.74, 6) is 0. The summed E-state index contributed by atoms with van der Waals surface area (Å²) in [7, 11) is 0. The van der Waals surface area contributed by atoms with E-state index in [-0.39, 0.29) is 33.9 Å². The van der Waals surface area contributed by atoms with Crippen LogP contribution in [-0.4, -0.2) is 12.3 Å². The van der Waals surface area contributed by atoms with Crippen molar-refractivity contribution in [2.75, 3.05) is 14.7 Å². The van der Waals surface area contributed by atoms with E-state index in [4.69, 9.17) is 8.83 Å². The van der Waals surface area contributed by atoms with Crippen LogP contribution in [0.5, 0.6) is 0 Å². The van der Waals surface area contributed by atoms with Crippen molar-refractivity contribution in [2.24, 2.45) is 0 Å². The molecule has 0 radical (unpaired) electrons. The highest BCUT2D eigenvalue weighted by Crippen LogP contribution is 2.62. The third-order valence-electron chi connectivity index (χ3n) is 18.2. The number of rotatable bonds is 3. The number of hydrogen-bond donors (Lipinski definition) is 0. The molecule has 2 atom stereocenters.